The van der Waals surface area contributed by atoms with Gasteiger partial charge in [0.1, 0.15) is 0 Å². The van der Waals surface area contributed by atoms with Crippen LogP contribution < -0.4 is 5.32 Å². The fourth-order valence-corrected chi connectivity index (χ4v) is 9.53. The van der Waals surface area contributed by atoms with Crippen LogP contribution in [0.25, 0.3) is 0 Å². The first-order valence-electron chi connectivity index (χ1n) is 31.4. The van der Waals surface area contributed by atoms with Crippen LogP contribution in [0, 0.1) is 0 Å². The maximum Gasteiger partial charge on any atom is 0.305 e. The first-order valence-corrected chi connectivity index (χ1v) is 31.4. The molecule has 0 spiro atoms. The highest BCUT2D eigenvalue weighted by Crippen LogP contribution is 2.17. The van der Waals surface area contributed by atoms with Crippen LogP contribution in [-0.2, 0) is 14.3 Å². The van der Waals surface area contributed by atoms with Crippen molar-refractivity contribution in [3.63, 3.8) is 0 Å². The minimum atomic E-state index is -0.672. The lowest BCUT2D eigenvalue weighted by Gasteiger charge is -2.22. The highest BCUT2D eigenvalue weighted by atomic mass is 16.5. The molecule has 416 valence electrons. The van der Waals surface area contributed by atoms with E-state index in [0.717, 1.165) is 70.6 Å². The Kier molecular flexibility index (Phi) is 58.5. The molecule has 0 saturated carbocycles. The van der Waals surface area contributed by atoms with Crippen molar-refractivity contribution < 1.29 is 24.5 Å². The molecule has 3 N–H and O–H groups in total. The van der Waals surface area contributed by atoms with Crippen molar-refractivity contribution in [2.45, 2.75) is 341 Å². The van der Waals surface area contributed by atoms with Gasteiger partial charge in [0.05, 0.1) is 25.4 Å². The third-order valence-electron chi connectivity index (χ3n) is 14.3. The molecule has 0 aliphatic rings. The van der Waals surface area contributed by atoms with E-state index < -0.39 is 12.1 Å². The molecule has 0 aliphatic carbocycles. The first kappa shape index (κ1) is 68.8. The van der Waals surface area contributed by atoms with Gasteiger partial charge in [-0.3, -0.25) is 9.59 Å². The number of ether oxygens (including phenoxy) is 1. The molecule has 0 aromatic heterocycles. The zero-order valence-electron chi connectivity index (χ0n) is 47.5. The quantitative estimate of drug-likeness (QED) is 0.0321. The molecule has 0 radical (unpaired) electrons. The average molecular weight is 997 g/mol. The number of aliphatic hydroxyl groups excluding tert-OH is 2. The van der Waals surface area contributed by atoms with E-state index >= 15 is 0 Å². The molecule has 6 nitrogen and oxygen atoms in total. The van der Waals surface area contributed by atoms with Crippen LogP contribution in [0.3, 0.4) is 0 Å². The van der Waals surface area contributed by atoms with Gasteiger partial charge in [-0.05, 0) is 83.5 Å². The summed E-state index contributed by atoms with van der Waals surface area (Å²) in [6.45, 7) is 4.89. The summed E-state index contributed by atoms with van der Waals surface area (Å²) in [5, 5.41) is 23.3. The van der Waals surface area contributed by atoms with Crippen molar-refractivity contribution in [1.29, 1.82) is 0 Å². The predicted molar refractivity (Wildman–Crippen MR) is 310 cm³/mol. The Morgan fingerprint density at radius 2 is 0.732 bits per heavy atom. The fraction of sp³-hybridized carbons (Fsp3) is 0.846. The number of hydrogen-bond acceptors (Lipinski definition) is 5. The summed E-state index contributed by atoms with van der Waals surface area (Å²) in [7, 11) is 0. The van der Waals surface area contributed by atoms with Crippen LogP contribution in [-0.4, -0.2) is 47.4 Å². The number of esters is 1. The Labute approximate surface area is 442 Å². The molecule has 0 bridgehead atoms. The van der Waals surface area contributed by atoms with Gasteiger partial charge in [0.15, 0.2) is 0 Å². The maximum atomic E-state index is 12.5. The number of carbonyl (C=O) groups is 2. The van der Waals surface area contributed by atoms with E-state index in [2.05, 4.69) is 67.8 Å². The second-order valence-electron chi connectivity index (χ2n) is 21.4. The van der Waals surface area contributed by atoms with Gasteiger partial charge >= 0.3 is 5.97 Å². The van der Waals surface area contributed by atoms with Gasteiger partial charge in [0, 0.05) is 12.8 Å². The van der Waals surface area contributed by atoms with Crippen molar-refractivity contribution in [2.75, 3.05) is 13.2 Å². The monoisotopic (exact) mass is 996 g/mol. The Morgan fingerprint density at radius 3 is 1.13 bits per heavy atom. The first-order chi connectivity index (χ1) is 35.0. The topological polar surface area (TPSA) is 95.9 Å². The number of hydrogen-bond donors (Lipinski definition) is 3. The molecule has 1 amide bonds. The summed E-state index contributed by atoms with van der Waals surface area (Å²) < 4.78 is 5.46. The summed E-state index contributed by atoms with van der Waals surface area (Å²) in [4.78, 5) is 24.5. The van der Waals surface area contributed by atoms with Crippen LogP contribution >= 0.6 is 0 Å². The van der Waals surface area contributed by atoms with Gasteiger partial charge in [-0.1, -0.05) is 281 Å². The summed E-state index contributed by atoms with van der Waals surface area (Å²) >= 11 is 0. The van der Waals surface area contributed by atoms with E-state index in [-0.39, 0.29) is 18.5 Å². The Balaban J connectivity index is 3.46. The minimum absolute atomic E-state index is 0.00849. The number of unbranched alkanes of at least 4 members (excludes halogenated alkanes) is 39. The maximum absolute atomic E-state index is 12.5. The van der Waals surface area contributed by atoms with Crippen molar-refractivity contribution in [1.82, 2.24) is 5.32 Å². The van der Waals surface area contributed by atoms with Crippen LogP contribution in [0.2, 0.25) is 0 Å². The van der Waals surface area contributed by atoms with E-state index in [1.165, 1.54) is 225 Å². The minimum Gasteiger partial charge on any atom is -0.466 e. The summed E-state index contributed by atoms with van der Waals surface area (Å²) in [6, 6.07) is -0.550. The normalized spacial score (nSPS) is 12.9. The zero-order valence-corrected chi connectivity index (χ0v) is 47.5. The van der Waals surface area contributed by atoms with Gasteiger partial charge in [-0.2, -0.15) is 0 Å². The van der Waals surface area contributed by atoms with E-state index in [1.807, 2.05) is 0 Å². The van der Waals surface area contributed by atoms with Gasteiger partial charge in [-0.15, -0.1) is 0 Å². The second kappa shape index (κ2) is 60.4. The van der Waals surface area contributed by atoms with Crippen LogP contribution in [0.4, 0.5) is 0 Å². The Hall–Kier alpha value is -2.18. The van der Waals surface area contributed by atoms with Crippen LogP contribution in [0.1, 0.15) is 328 Å². The summed E-state index contributed by atoms with van der Waals surface area (Å²) in [6.07, 6.45) is 76.9. The van der Waals surface area contributed by atoms with Crippen molar-refractivity contribution in [3.8, 4) is 0 Å². The van der Waals surface area contributed by atoms with E-state index in [1.54, 1.807) is 0 Å². The van der Waals surface area contributed by atoms with Gasteiger partial charge in [0.2, 0.25) is 5.91 Å². The second-order valence-corrected chi connectivity index (χ2v) is 21.4. The Bertz CT molecular complexity index is 1190. The van der Waals surface area contributed by atoms with Crippen molar-refractivity contribution >= 4 is 11.9 Å². The van der Waals surface area contributed by atoms with Gasteiger partial charge in [-0.25, -0.2) is 0 Å². The van der Waals surface area contributed by atoms with Gasteiger partial charge < -0.3 is 20.3 Å². The number of amides is 1. The lowest BCUT2D eigenvalue weighted by Crippen LogP contribution is -2.45. The average Bonchev–Trinajstić information content (AvgIpc) is 3.37. The highest BCUT2D eigenvalue weighted by molar-refractivity contribution is 5.76. The molecule has 71 heavy (non-hydrogen) atoms. The van der Waals surface area contributed by atoms with Crippen LogP contribution in [0.5, 0.6) is 0 Å². The number of carbonyl (C=O) groups excluding carboxylic acids is 2. The molecule has 0 fully saturated rings. The van der Waals surface area contributed by atoms with Gasteiger partial charge in [0.25, 0.3) is 0 Å². The van der Waals surface area contributed by atoms with Crippen molar-refractivity contribution in [3.05, 3.63) is 48.6 Å². The van der Waals surface area contributed by atoms with Crippen molar-refractivity contribution in [2.24, 2.45) is 0 Å². The van der Waals surface area contributed by atoms with E-state index in [0.29, 0.717) is 25.9 Å². The predicted octanol–water partition coefficient (Wildman–Crippen LogP) is 19.7. The number of rotatable bonds is 58. The largest absolute Gasteiger partial charge is 0.466 e. The van der Waals surface area contributed by atoms with E-state index in [9.17, 15) is 19.8 Å². The zero-order chi connectivity index (χ0) is 51.4. The van der Waals surface area contributed by atoms with E-state index in [4.69, 9.17) is 4.74 Å². The lowest BCUT2D eigenvalue weighted by molar-refractivity contribution is -0.143. The number of aliphatic hydroxyl groups is 2. The smallest absolute Gasteiger partial charge is 0.305 e. The molecule has 2 unspecified atom stereocenters. The number of nitrogens with one attached hydrogen (secondary N) is 1. The molecule has 0 aromatic rings. The molecule has 0 aliphatic heterocycles. The SMILES string of the molecule is CCC/C=C\C/C=C\CCCCCCCC(=O)OCCCCCCCCCCC/C=C\C/C=C\CCCCCCCCCC(=O)NC(CO)C(O)CCCCCCCCCCCCCCCCCCCC. The molecule has 2 atom stereocenters. The third kappa shape index (κ3) is 57.0. The molecule has 0 saturated heterocycles. The molecule has 0 rings (SSSR count). The molecular weight excluding hydrogens is 875 g/mol. The lowest BCUT2D eigenvalue weighted by atomic mass is 10.0. The van der Waals surface area contributed by atoms with Crippen LogP contribution in [0.15, 0.2) is 48.6 Å². The fourth-order valence-electron chi connectivity index (χ4n) is 9.53. The highest BCUT2D eigenvalue weighted by Gasteiger charge is 2.20. The molecule has 6 heteroatoms. The Morgan fingerprint density at radius 1 is 0.394 bits per heavy atom. The summed E-state index contributed by atoms with van der Waals surface area (Å²) in [5.41, 5.74) is 0. The summed E-state index contributed by atoms with van der Waals surface area (Å²) in [5.74, 6) is -0.0523. The molecule has 0 heterocycles. The molecule has 0 aromatic carbocycles. The third-order valence-corrected chi connectivity index (χ3v) is 14.3. The molecular formula is C65H121NO5. The standard InChI is InChI=1S/C65H121NO5/c1-3-5-7-9-11-13-15-17-18-19-27-30-34-37-41-45-49-53-57-63(68)62(61-67)66-64(69)58-54-50-46-42-38-35-31-28-25-23-21-20-22-24-26-29-32-36-40-44-48-52-56-60-71-65(70)59-55-51-47-43-39-33-16-14-12-10-8-6-4-2/h8,10,14,16,20,22-23,25,62-63,67-68H,3-7,9,11-13,15,17-19,21,24,26-61H2,1-2H3,(H,66,69)/b10-8-,16-14-,22-20-,25-23-. The number of allylic oxidation sites excluding steroid dienone is 8.